The van der Waals surface area contributed by atoms with Crippen molar-refractivity contribution < 1.29 is 32.3 Å². The number of rotatable bonds is 4. The van der Waals surface area contributed by atoms with Crippen molar-refractivity contribution in [2.45, 2.75) is 38.4 Å². The molecule has 1 aromatic rings. The van der Waals surface area contributed by atoms with E-state index in [9.17, 15) is 27.6 Å². The number of ether oxygens (including phenoxy) is 1. The zero-order valence-corrected chi connectivity index (χ0v) is 16.6. The van der Waals surface area contributed by atoms with Crippen molar-refractivity contribution in [3.05, 3.63) is 29.8 Å². The molecule has 0 bridgehead atoms. The Kier molecular flexibility index (Phi) is 6.52. The average Bonchev–Trinajstić information content (AvgIpc) is 3.10. The van der Waals surface area contributed by atoms with Crippen molar-refractivity contribution in [3.8, 4) is 0 Å². The summed E-state index contributed by atoms with van der Waals surface area (Å²) < 4.78 is 43.8. The Balaban J connectivity index is 1.55. The lowest BCUT2D eigenvalue weighted by Gasteiger charge is -2.32. The number of likely N-dealkylation sites (tertiary alicyclic amines) is 1. The van der Waals surface area contributed by atoms with E-state index in [0.717, 1.165) is 12.1 Å². The zero-order chi connectivity index (χ0) is 21.9. The zero-order valence-electron chi connectivity index (χ0n) is 16.6. The van der Waals surface area contributed by atoms with Crippen molar-refractivity contribution in [2.75, 3.05) is 31.1 Å². The van der Waals surface area contributed by atoms with Gasteiger partial charge in [-0.3, -0.25) is 9.59 Å². The normalized spacial score (nSPS) is 20.4. The second-order valence-electron chi connectivity index (χ2n) is 7.42. The quantitative estimate of drug-likeness (QED) is 0.802. The minimum absolute atomic E-state index is 0.0354. The number of benzene rings is 1. The number of carbonyl (C=O) groups excluding carboxylic acids is 3. The number of amides is 3. The van der Waals surface area contributed by atoms with Crippen molar-refractivity contribution in [1.29, 1.82) is 0 Å². The van der Waals surface area contributed by atoms with E-state index in [2.05, 4.69) is 5.32 Å². The summed E-state index contributed by atoms with van der Waals surface area (Å²) in [5.41, 5.74) is -0.707. The summed E-state index contributed by atoms with van der Waals surface area (Å²) >= 11 is 0. The molecule has 2 aliphatic heterocycles. The predicted octanol–water partition coefficient (Wildman–Crippen LogP) is 2.80. The van der Waals surface area contributed by atoms with Gasteiger partial charge in [-0.2, -0.15) is 13.2 Å². The third kappa shape index (κ3) is 5.03. The maximum atomic E-state index is 12.9. The van der Waals surface area contributed by atoms with Crippen LogP contribution in [0.4, 0.5) is 23.7 Å². The van der Waals surface area contributed by atoms with Gasteiger partial charge in [0.15, 0.2) is 0 Å². The molecule has 0 radical (unpaired) electrons. The van der Waals surface area contributed by atoms with Crippen LogP contribution in [0.5, 0.6) is 0 Å². The molecule has 3 amide bonds. The molecule has 30 heavy (non-hydrogen) atoms. The molecule has 2 fully saturated rings. The van der Waals surface area contributed by atoms with Gasteiger partial charge in [-0.1, -0.05) is 6.07 Å². The number of halogens is 3. The van der Waals surface area contributed by atoms with Gasteiger partial charge in [0.05, 0.1) is 18.1 Å². The molecule has 2 heterocycles. The molecule has 1 N–H and O–H groups in total. The highest BCUT2D eigenvalue weighted by Crippen LogP contribution is 2.33. The molecule has 0 aliphatic carbocycles. The Morgan fingerprint density at radius 1 is 1.23 bits per heavy atom. The second-order valence-corrected chi connectivity index (χ2v) is 7.42. The van der Waals surface area contributed by atoms with E-state index in [0.29, 0.717) is 32.5 Å². The summed E-state index contributed by atoms with van der Waals surface area (Å²) in [5.74, 6) is -1.31. The number of hydrogen-bond acceptors (Lipinski definition) is 4. The van der Waals surface area contributed by atoms with E-state index < -0.39 is 17.7 Å². The molecule has 164 valence electrons. The van der Waals surface area contributed by atoms with Gasteiger partial charge in [-0.15, -0.1) is 0 Å². The molecule has 0 aromatic heterocycles. The summed E-state index contributed by atoms with van der Waals surface area (Å²) in [4.78, 5) is 39.5. The van der Waals surface area contributed by atoms with Gasteiger partial charge in [-0.25, -0.2) is 4.79 Å². The molecule has 0 spiro atoms. The Morgan fingerprint density at radius 3 is 2.57 bits per heavy atom. The third-order valence-corrected chi connectivity index (χ3v) is 5.35. The highest BCUT2D eigenvalue weighted by Gasteiger charge is 2.37. The van der Waals surface area contributed by atoms with E-state index in [4.69, 9.17) is 4.74 Å². The molecule has 7 nitrogen and oxygen atoms in total. The SMILES string of the molecule is CCOC(=O)N1CCC(NC(=O)C2CC(=O)N(c3cccc(C(F)(F)F)c3)C2)CC1. The van der Waals surface area contributed by atoms with Crippen LogP contribution < -0.4 is 10.2 Å². The van der Waals surface area contributed by atoms with Gasteiger partial charge in [0.1, 0.15) is 0 Å². The largest absolute Gasteiger partial charge is 0.450 e. The topological polar surface area (TPSA) is 79.0 Å². The van der Waals surface area contributed by atoms with E-state index in [1.54, 1.807) is 11.8 Å². The van der Waals surface area contributed by atoms with Crippen LogP contribution in [0.3, 0.4) is 0 Å². The Hall–Kier alpha value is -2.78. The number of anilines is 1. The van der Waals surface area contributed by atoms with Crippen LogP contribution in [0.25, 0.3) is 0 Å². The first-order valence-corrected chi connectivity index (χ1v) is 9.88. The van der Waals surface area contributed by atoms with Gasteiger partial charge in [0, 0.05) is 37.8 Å². The van der Waals surface area contributed by atoms with Crippen LogP contribution in [-0.4, -0.2) is 55.1 Å². The van der Waals surface area contributed by atoms with E-state index in [1.807, 2.05) is 0 Å². The molecule has 1 unspecified atom stereocenters. The van der Waals surface area contributed by atoms with Gasteiger partial charge in [0.25, 0.3) is 0 Å². The van der Waals surface area contributed by atoms with Crippen molar-refractivity contribution >= 4 is 23.6 Å². The first-order valence-electron chi connectivity index (χ1n) is 9.88. The summed E-state index contributed by atoms with van der Waals surface area (Å²) in [7, 11) is 0. The van der Waals surface area contributed by atoms with E-state index >= 15 is 0 Å². The number of nitrogens with zero attached hydrogens (tertiary/aromatic N) is 2. The summed E-state index contributed by atoms with van der Waals surface area (Å²) in [5, 5.41) is 2.90. The molecule has 0 saturated carbocycles. The lowest BCUT2D eigenvalue weighted by Crippen LogP contribution is -2.48. The van der Waals surface area contributed by atoms with Crippen molar-refractivity contribution in [2.24, 2.45) is 5.92 Å². The van der Waals surface area contributed by atoms with Crippen LogP contribution in [0.15, 0.2) is 24.3 Å². The van der Waals surface area contributed by atoms with Gasteiger partial charge in [-0.05, 0) is 38.0 Å². The lowest BCUT2D eigenvalue weighted by molar-refractivity contribution is -0.137. The molecule has 1 atom stereocenters. The maximum Gasteiger partial charge on any atom is 0.416 e. The number of carbonyl (C=O) groups is 3. The second kappa shape index (κ2) is 8.93. The molecule has 3 rings (SSSR count). The fraction of sp³-hybridized carbons (Fsp3) is 0.550. The monoisotopic (exact) mass is 427 g/mol. The Labute approximate surface area is 172 Å². The molecular formula is C20H24F3N3O4. The smallest absolute Gasteiger partial charge is 0.416 e. The lowest BCUT2D eigenvalue weighted by atomic mass is 10.0. The van der Waals surface area contributed by atoms with Crippen LogP contribution >= 0.6 is 0 Å². The van der Waals surface area contributed by atoms with Crippen LogP contribution in [0, 0.1) is 5.92 Å². The highest BCUT2D eigenvalue weighted by atomic mass is 19.4. The molecule has 10 heteroatoms. The van der Waals surface area contributed by atoms with Gasteiger partial charge in [0.2, 0.25) is 11.8 Å². The van der Waals surface area contributed by atoms with E-state index in [-0.39, 0.29) is 42.6 Å². The summed E-state index contributed by atoms with van der Waals surface area (Å²) in [6, 6.07) is 4.41. The average molecular weight is 427 g/mol. The number of alkyl halides is 3. The van der Waals surface area contributed by atoms with Gasteiger partial charge >= 0.3 is 12.3 Å². The molecular weight excluding hydrogens is 403 g/mol. The van der Waals surface area contributed by atoms with Crippen LogP contribution in [0.1, 0.15) is 31.7 Å². The predicted molar refractivity (Wildman–Crippen MR) is 102 cm³/mol. The fourth-order valence-corrected chi connectivity index (χ4v) is 3.72. The number of hydrogen-bond donors (Lipinski definition) is 1. The first-order chi connectivity index (χ1) is 14.2. The van der Waals surface area contributed by atoms with E-state index in [1.165, 1.54) is 17.0 Å². The standard InChI is InChI=1S/C20H24F3N3O4/c1-2-30-19(29)25-8-6-15(7-9-25)24-18(28)13-10-17(27)26(12-13)16-5-3-4-14(11-16)20(21,22)23/h3-5,11,13,15H,2,6-10,12H2,1H3,(H,24,28). The van der Waals surface area contributed by atoms with Gasteiger partial charge < -0.3 is 19.9 Å². The summed E-state index contributed by atoms with van der Waals surface area (Å²) in [6.45, 7) is 2.99. The Bertz CT molecular complexity index is 807. The minimum Gasteiger partial charge on any atom is -0.450 e. The first kappa shape index (κ1) is 21.9. The van der Waals surface area contributed by atoms with Crippen LogP contribution in [0.2, 0.25) is 0 Å². The van der Waals surface area contributed by atoms with Crippen LogP contribution in [-0.2, 0) is 20.5 Å². The fourth-order valence-electron chi connectivity index (χ4n) is 3.72. The number of nitrogens with one attached hydrogen (secondary N) is 1. The maximum absolute atomic E-state index is 12.9. The van der Waals surface area contributed by atoms with Crippen molar-refractivity contribution in [3.63, 3.8) is 0 Å². The summed E-state index contributed by atoms with van der Waals surface area (Å²) in [6.07, 6.45) is -3.79. The molecule has 1 aromatic carbocycles. The Morgan fingerprint density at radius 2 is 1.93 bits per heavy atom. The number of piperidine rings is 1. The van der Waals surface area contributed by atoms with Crippen molar-refractivity contribution in [1.82, 2.24) is 10.2 Å². The minimum atomic E-state index is -4.51. The molecule has 2 saturated heterocycles. The third-order valence-electron chi connectivity index (χ3n) is 5.35. The highest BCUT2D eigenvalue weighted by molar-refractivity contribution is 6.00. The molecule has 2 aliphatic rings.